The predicted molar refractivity (Wildman–Crippen MR) is 83.6 cm³/mol. The number of hydrogen-bond donors (Lipinski definition) is 1. The lowest BCUT2D eigenvalue weighted by Gasteiger charge is -2.31. The van der Waals surface area contributed by atoms with E-state index in [0.717, 1.165) is 24.1 Å². The lowest BCUT2D eigenvalue weighted by Crippen LogP contribution is -2.36. The van der Waals surface area contributed by atoms with Crippen LogP contribution >= 0.6 is 0 Å². The molecule has 4 nitrogen and oxygen atoms in total. The molecule has 5 heteroatoms. The van der Waals surface area contributed by atoms with Gasteiger partial charge in [0.25, 0.3) is 10.0 Å². The Bertz CT molecular complexity index is 756. The summed E-state index contributed by atoms with van der Waals surface area (Å²) in [6.07, 6.45) is 1.75. The van der Waals surface area contributed by atoms with E-state index in [2.05, 4.69) is 0 Å². The Balaban J connectivity index is 2.12. The van der Waals surface area contributed by atoms with Crippen molar-refractivity contribution in [3.8, 4) is 0 Å². The molecular formula is C16H18N2O2S. The summed E-state index contributed by atoms with van der Waals surface area (Å²) in [5.41, 5.74) is 8.21. The fourth-order valence-electron chi connectivity index (χ4n) is 2.79. The van der Waals surface area contributed by atoms with Gasteiger partial charge in [0.05, 0.1) is 10.6 Å². The van der Waals surface area contributed by atoms with E-state index in [-0.39, 0.29) is 6.54 Å². The minimum atomic E-state index is -3.56. The van der Waals surface area contributed by atoms with Gasteiger partial charge in [-0.25, -0.2) is 8.42 Å². The fourth-order valence-corrected chi connectivity index (χ4v) is 4.57. The molecule has 1 aliphatic heterocycles. The Hall–Kier alpha value is -1.85. The van der Waals surface area contributed by atoms with Crippen LogP contribution in [0.3, 0.4) is 0 Å². The standard InChI is InChI=1S/C16H18N2O2S/c17-12-14-7-2-4-10-16(14)21(19,20)18-11-5-8-13-6-1-3-9-15(13)18/h1-4,6-7,9-10H,5,8,11-12,17H2. The summed E-state index contributed by atoms with van der Waals surface area (Å²) >= 11 is 0. The van der Waals surface area contributed by atoms with E-state index in [1.807, 2.05) is 30.3 Å². The second kappa shape index (κ2) is 5.50. The minimum Gasteiger partial charge on any atom is -0.326 e. The van der Waals surface area contributed by atoms with Crippen LogP contribution < -0.4 is 10.0 Å². The number of aryl methyl sites for hydroxylation is 1. The van der Waals surface area contributed by atoms with Crippen molar-refractivity contribution in [1.82, 2.24) is 0 Å². The lowest BCUT2D eigenvalue weighted by atomic mass is 10.0. The van der Waals surface area contributed by atoms with Gasteiger partial charge in [-0.15, -0.1) is 0 Å². The van der Waals surface area contributed by atoms with Crippen molar-refractivity contribution in [2.45, 2.75) is 24.3 Å². The average Bonchev–Trinajstić information content (AvgIpc) is 2.54. The lowest BCUT2D eigenvalue weighted by molar-refractivity contribution is 0.585. The van der Waals surface area contributed by atoms with E-state index in [1.54, 1.807) is 18.2 Å². The molecule has 0 atom stereocenters. The van der Waals surface area contributed by atoms with Crippen molar-refractivity contribution in [2.75, 3.05) is 10.8 Å². The number of benzene rings is 2. The maximum Gasteiger partial charge on any atom is 0.264 e. The van der Waals surface area contributed by atoms with Crippen LogP contribution in [-0.4, -0.2) is 15.0 Å². The summed E-state index contributed by atoms with van der Waals surface area (Å²) in [5, 5.41) is 0. The smallest absolute Gasteiger partial charge is 0.264 e. The van der Waals surface area contributed by atoms with Gasteiger partial charge in [-0.2, -0.15) is 0 Å². The first-order valence-corrected chi connectivity index (χ1v) is 8.47. The molecule has 1 heterocycles. The third kappa shape index (κ3) is 2.43. The summed E-state index contributed by atoms with van der Waals surface area (Å²) in [5.74, 6) is 0. The predicted octanol–water partition coefficient (Wildman–Crippen LogP) is 2.29. The van der Waals surface area contributed by atoms with Gasteiger partial charge in [-0.05, 0) is 36.1 Å². The van der Waals surface area contributed by atoms with E-state index >= 15 is 0 Å². The Morgan fingerprint density at radius 1 is 1.05 bits per heavy atom. The van der Waals surface area contributed by atoms with Gasteiger partial charge < -0.3 is 5.73 Å². The van der Waals surface area contributed by atoms with Crippen molar-refractivity contribution in [3.05, 3.63) is 59.7 Å². The number of nitrogens with zero attached hydrogens (tertiary/aromatic N) is 1. The summed E-state index contributed by atoms with van der Waals surface area (Å²) in [4.78, 5) is 0.309. The van der Waals surface area contributed by atoms with Crippen LogP contribution in [0.25, 0.3) is 0 Å². The van der Waals surface area contributed by atoms with E-state index in [1.165, 1.54) is 4.31 Å². The van der Waals surface area contributed by atoms with Crippen LogP contribution in [0.4, 0.5) is 5.69 Å². The van der Waals surface area contributed by atoms with Gasteiger partial charge in [-0.1, -0.05) is 36.4 Å². The largest absolute Gasteiger partial charge is 0.326 e. The normalized spacial score (nSPS) is 14.8. The van der Waals surface area contributed by atoms with Crippen molar-refractivity contribution in [1.29, 1.82) is 0 Å². The Labute approximate surface area is 125 Å². The quantitative estimate of drug-likeness (QED) is 0.946. The zero-order chi connectivity index (χ0) is 14.9. The molecular weight excluding hydrogens is 284 g/mol. The molecule has 0 saturated heterocycles. The molecule has 0 saturated carbocycles. The summed E-state index contributed by atoms with van der Waals surface area (Å²) < 4.78 is 27.5. The molecule has 110 valence electrons. The van der Waals surface area contributed by atoms with Crippen LogP contribution in [0.2, 0.25) is 0 Å². The number of sulfonamides is 1. The number of anilines is 1. The van der Waals surface area contributed by atoms with Crippen molar-refractivity contribution >= 4 is 15.7 Å². The van der Waals surface area contributed by atoms with Crippen LogP contribution in [0, 0.1) is 0 Å². The Kier molecular flexibility index (Phi) is 3.69. The third-order valence-electron chi connectivity index (χ3n) is 3.83. The molecule has 0 fully saturated rings. The highest BCUT2D eigenvalue weighted by Gasteiger charge is 2.30. The summed E-state index contributed by atoms with van der Waals surface area (Å²) in [6, 6.07) is 14.6. The van der Waals surface area contributed by atoms with E-state index < -0.39 is 10.0 Å². The molecule has 3 rings (SSSR count). The molecule has 0 bridgehead atoms. The van der Waals surface area contributed by atoms with E-state index in [9.17, 15) is 8.42 Å². The van der Waals surface area contributed by atoms with Crippen LogP contribution in [-0.2, 0) is 23.0 Å². The molecule has 2 aromatic carbocycles. The van der Waals surface area contributed by atoms with Crippen molar-refractivity contribution in [2.24, 2.45) is 5.73 Å². The van der Waals surface area contributed by atoms with Gasteiger partial charge >= 0.3 is 0 Å². The molecule has 0 aromatic heterocycles. The SMILES string of the molecule is NCc1ccccc1S(=O)(=O)N1CCCc2ccccc21. The molecule has 0 unspecified atom stereocenters. The van der Waals surface area contributed by atoms with Gasteiger partial charge in [0, 0.05) is 13.1 Å². The van der Waals surface area contributed by atoms with Gasteiger partial charge in [0.15, 0.2) is 0 Å². The minimum absolute atomic E-state index is 0.213. The maximum atomic E-state index is 13.0. The molecule has 0 aliphatic carbocycles. The molecule has 0 amide bonds. The third-order valence-corrected chi connectivity index (χ3v) is 5.74. The topological polar surface area (TPSA) is 63.4 Å². The van der Waals surface area contributed by atoms with Crippen molar-refractivity contribution < 1.29 is 8.42 Å². The van der Waals surface area contributed by atoms with Gasteiger partial charge in [-0.3, -0.25) is 4.31 Å². The first-order valence-electron chi connectivity index (χ1n) is 7.03. The maximum absolute atomic E-state index is 13.0. The molecule has 2 aromatic rings. The van der Waals surface area contributed by atoms with Crippen molar-refractivity contribution in [3.63, 3.8) is 0 Å². The van der Waals surface area contributed by atoms with Crippen LogP contribution in [0.15, 0.2) is 53.4 Å². The highest BCUT2D eigenvalue weighted by molar-refractivity contribution is 7.92. The van der Waals surface area contributed by atoms with Crippen LogP contribution in [0.5, 0.6) is 0 Å². The monoisotopic (exact) mass is 302 g/mol. The molecule has 0 spiro atoms. The second-order valence-corrected chi connectivity index (χ2v) is 6.95. The number of hydrogen-bond acceptors (Lipinski definition) is 3. The average molecular weight is 302 g/mol. The first-order chi connectivity index (χ1) is 10.1. The fraction of sp³-hybridized carbons (Fsp3) is 0.250. The van der Waals surface area contributed by atoms with E-state index in [4.69, 9.17) is 5.73 Å². The summed E-state index contributed by atoms with van der Waals surface area (Å²) in [6.45, 7) is 0.725. The van der Waals surface area contributed by atoms with Gasteiger partial charge in [0.2, 0.25) is 0 Å². The van der Waals surface area contributed by atoms with Crippen LogP contribution in [0.1, 0.15) is 17.5 Å². The Morgan fingerprint density at radius 2 is 1.76 bits per heavy atom. The molecule has 0 radical (unpaired) electrons. The van der Waals surface area contributed by atoms with Gasteiger partial charge in [0.1, 0.15) is 0 Å². The highest BCUT2D eigenvalue weighted by atomic mass is 32.2. The number of para-hydroxylation sites is 1. The second-order valence-electron chi connectivity index (χ2n) is 5.12. The number of rotatable bonds is 3. The summed E-state index contributed by atoms with van der Waals surface area (Å²) in [7, 11) is -3.56. The first kappa shape index (κ1) is 14.1. The number of nitrogens with two attached hydrogens (primary N) is 1. The highest BCUT2D eigenvalue weighted by Crippen LogP contribution is 2.32. The Morgan fingerprint density at radius 3 is 2.57 bits per heavy atom. The molecule has 1 aliphatic rings. The van der Waals surface area contributed by atoms with E-state index in [0.29, 0.717) is 17.0 Å². The zero-order valence-corrected chi connectivity index (χ0v) is 12.5. The molecule has 21 heavy (non-hydrogen) atoms. The molecule has 2 N–H and O–H groups in total. The number of fused-ring (bicyclic) bond motifs is 1. The zero-order valence-electron chi connectivity index (χ0n) is 11.7.